The number of anilines is 1. The fourth-order valence-electron chi connectivity index (χ4n) is 4.59. The van der Waals surface area contributed by atoms with Crippen LogP contribution in [0.1, 0.15) is 17.0 Å². The third-order valence-corrected chi connectivity index (χ3v) is 5.85. The highest BCUT2D eigenvalue weighted by Gasteiger charge is 2.43. The number of β-amino-alcohol motifs (C(OH)–C–C–N with tert-alkyl or cyclic N) is 1. The van der Waals surface area contributed by atoms with E-state index in [0.717, 1.165) is 22.5 Å². The molecule has 0 fully saturated rings. The van der Waals surface area contributed by atoms with E-state index in [9.17, 15) is 9.90 Å². The molecule has 0 saturated heterocycles. The van der Waals surface area contributed by atoms with E-state index in [1.807, 2.05) is 35.2 Å². The quantitative estimate of drug-likeness (QED) is 0.730. The van der Waals surface area contributed by atoms with Crippen LogP contribution in [-0.4, -0.2) is 58.3 Å². The van der Waals surface area contributed by atoms with Gasteiger partial charge in [-0.05, 0) is 17.7 Å². The number of aliphatic hydroxyl groups is 1. The van der Waals surface area contributed by atoms with E-state index in [2.05, 4.69) is 0 Å². The van der Waals surface area contributed by atoms with Crippen LogP contribution >= 0.6 is 0 Å². The number of benzene rings is 2. The van der Waals surface area contributed by atoms with Gasteiger partial charge in [0.1, 0.15) is 19.8 Å². The largest absolute Gasteiger partial charge is 0.493 e. The van der Waals surface area contributed by atoms with Crippen molar-refractivity contribution >= 4 is 11.7 Å². The lowest BCUT2D eigenvalue weighted by Crippen LogP contribution is -2.33. The molecule has 5 rings (SSSR count). The van der Waals surface area contributed by atoms with Crippen molar-refractivity contribution in [2.45, 2.75) is 5.92 Å². The summed E-state index contributed by atoms with van der Waals surface area (Å²) in [7, 11) is 3.16. The van der Waals surface area contributed by atoms with E-state index in [1.165, 1.54) is 0 Å². The highest BCUT2D eigenvalue weighted by Crippen LogP contribution is 2.53. The Bertz CT molecular complexity index is 1080. The lowest BCUT2D eigenvalue weighted by molar-refractivity contribution is -0.136. The zero-order valence-corrected chi connectivity index (χ0v) is 17.3. The summed E-state index contributed by atoms with van der Waals surface area (Å²) in [5.74, 6) is 1.56. The average molecular weight is 425 g/mol. The van der Waals surface area contributed by atoms with E-state index in [4.69, 9.17) is 23.7 Å². The SMILES string of the molecule is COc1cccc(C2C3=C(COC3=O)N(CCO)c3cc4c(cc32)OCCO4)c1OC. The van der Waals surface area contributed by atoms with Gasteiger partial charge in [0.05, 0.1) is 32.1 Å². The molecule has 0 spiro atoms. The molecule has 2 aromatic rings. The summed E-state index contributed by atoms with van der Waals surface area (Å²) in [6, 6.07) is 9.43. The summed E-state index contributed by atoms with van der Waals surface area (Å²) < 4.78 is 28.3. The van der Waals surface area contributed by atoms with Crippen LogP contribution in [0, 0.1) is 0 Å². The molecular formula is C23H23NO7. The van der Waals surface area contributed by atoms with Crippen LogP contribution in [-0.2, 0) is 9.53 Å². The first-order valence-electron chi connectivity index (χ1n) is 10.1. The van der Waals surface area contributed by atoms with Crippen LogP contribution in [0.2, 0.25) is 0 Å². The molecular weight excluding hydrogens is 402 g/mol. The number of nitrogens with zero attached hydrogens (tertiary/aromatic N) is 1. The Balaban J connectivity index is 1.79. The fraction of sp³-hybridized carbons (Fsp3) is 0.348. The highest BCUT2D eigenvalue weighted by atomic mass is 16.6. The maximum atomic E-state index is 12.9. The van der Waals surface area contributed by atoms with Gasteiger partial charge in [-0.1, -0.05) is 12.1 Å². The molecule has 0 amide bonds. The van der Waals surface area contributed by atoms with Gasteiger partial charge in [-0.3, -0.25) is 0 Å². The monoisotopic (exact) mass is 425 g/mol. The Morgan fingerprint density at radius 2 is 1.84 bits per heavy atom. The number of rotatable bonds is 5. The van der Waals surface area contributed by atoms with Gasteiger partial charge < -0.3 is 33.7 Å². The Kier molecular flexibility index (Phi) is 4.86. The molecule has 3 heterocycles. The van der Waals surface area contributed by atoms with Crippen LogP contribution in [0.25, 0.3) is 0 Å². The van der Waals surface area contributed by atoms with Crippen molar-refractivity contribution in [3.63, 3.8) is 0 Å². The fourth-order valence-corrected chi connectivity index (χ4v) is 4.59. The summed E-state index contributed by atoms with van der Waals surface area (Å²) in [4.78, 5) is 14.8. The molecule has 162 valence electrons. The van der Waals surface area contributed by atoms with Crippen molar-refractivity contribution in [1.82, 2.24) is 0 Å². The van der Waals surface area contributed by atoms with Crippen LogP contribution in [0.15, 0.2) is 41.6 Å². The standard InChI is InChI=1S/C23H23NO7/c1-27-17-5-3-4-13(22(17)28-2)20-14-10-18-19(30-9-8-29-18)11-15(14)24(6-7-25)16-12-31-23(26)21(16)20/h3-5,10-11,20,25H,6-9,12H2,1-2H3. The molecule has 0 radical (unpaired) electrons. The van der Waals surface area contributed by atoms with E-state index in [-0.39, 0.29) is 19.2 Å². The number of hydrogen-bond acceptors (Lipinski definition) is 8. The number of ether oxygens (including phenoxy) is 5. The highest BCUT2D eigenvalue weighted by molar-refractivity contribution is 5.98. The number of para-hydroxylation sites is 1. The minimum atomic E-state index is -0.448. The van der Waals surface area contributed by atoms with Gasteiger partial charge in [0.25, 0.3) is 0 Å². The predicted molar refractivity (Wildman–Crippen MR) is 111 cm³/mol. The summed E-state index contributed by atoms with van der Waals surface area (Å²) in [5.41, 5.74) is 3.74. The first-order chi connectivity index (χ1) is 15.2. The van der Waals surface area contributed by atoms with Gasteiger partial charge in [-0.25, -0.2) is 4.79 Å². The van der Waals surface area contributed by atoms with E-state index in [0.29, 0.717) is 48.3 Å². The second-order valence-corrected chi connectivity index (χ2v) is 7.38. The number of fused-ring (bicyclic) bond motifs is 2. The molecule has 8 nitrogen and oxygen atoms in total. The van der Waals surface area contributed by atoms with Gasteiger partial charge >= 0.3 is 5.97 Å². The van der Waals surface area contributed by atoms with Gasteiger partial charge in [-0.2, -0.15) is 0 Å². The molecule has 2 aromatic carbocycles. The van der Waals surface area contributed by atoms with Crippen LogP contribution in [0.3, 0.4) is 0 Å². The van der Waals surface area contributed by atoms with Crippen LogP contribution < -0.4 is 23.8 Å². The average Bonchev–Trinajstić information content (AvgIpc) is 3.18. The summed E-state index contributed by atoms with van der Waals surface area (Å²) >= 11 is 0. The third-order valence-electron chi connectivity index (χ3n) is 5.85. The maximum Gasteiger partial charge on any atom is 0.337 e. The minimum absolute atomic E-state index is 0.0774. The zero-order chi connectivity index (χ0) is 21.5. The van der Waals surface area contributed by atoms with Gasteiger partial charge in [0, 0.05) is 29.8 Å². The Labute approximate surface area is 179 Å². The zero-order valence-electron chi connectivity index (χ0n) is 17.3. The van der Waals surface area contributed by atoms with Gasteiger partial charge in [-0.15, -0.1) is 0 Å². The molecule has 31 heavy (non-hydrogen) atoms. The Morgan fingerprint density at radius 1 is 1.06 bits per heavy atom. The number of hydrogen-bond donors (Lipinski definition) is 1. The van der Waals surface area contributed by atoms with Crippen molar-refractivity contribution in [2.75, 3.05) is 52.1 Å². The summed E-state index contributed by atoms with van der Waals surface area (Å²) in [6.07, 6.45) is 0. The lowest BCUT2D eigenvalue weighted by Gasteiger charge is -2.37. The number of carbonyl (C=O) groups excluding carboxylic acids is 1. The third kappa shape index (κ3) is 2.97. The number of carbonyl (C=O) groups is 1. The molecule has 0 aromatic heterocycles. The summed E-state index contributed by atoms with van der Waals surface area (Å²) in [5, 5.41) is 9.72. The van der Waals surface area contributed by atoms with Crippen molar-refractivity contribution in [3.05, 3.63) is 52.7 Å². The molecule has 8 heteroatoms. The van der Waals surface area contributed by atoms with Crippen LogP contribution in [0.5, 0.6) is 23.0 Å². The van der Waals surface area contributed by atoms with E-state index < -0.39 is 5.92 Å². The Hall–Kier alpha value is -3.39. The topological polar surface area (TPSA) is 86.7 Å². The maximum absolute atomic E-state index is 12.9. The first-order valence-corrected chi connectivity index (χ1v) is 10.1. The predicted octanol–water partition coefficient (Wildman–Crippen LogP) is 2.23. The normalized spacial score (nSPS) is 19.0. The number of esters is 1. The lowest BCUT2D eigenvalue weighted by atomic mass is 9.79. The number of methoxy groups -OCH3 is 2. The smallest absolute Gasteiger partial charge is 0.337 e. The molecule has 3 aliphatic rings. The molecule has 1 unspecified atom stereocenters. The molecule has 3 aliphatic heterocycles. The van der Waals surface area contributed by atoms with Crippen molar-refractivity contribution in [2.24, 2.45) is 0 Å². The molecule has 0 saturated carbocycles. The number of aliphatic hydroxyl groups excluding tert-OH is 1. The minimum Gasteiger partial charge on any atom is -0.493 e. The number of cyclic esters (lactones) is 1. The summed E-state index contributed by atoms with van der Waals surface area (Å²) in [6.45, 7) is 1.31. The molecule has 0 aliphatic carbocycles. The molecule has 1 atom stereocenters. The van der Waals surface area contributed by atoms with Crippen LogP contribution in [0.4, 0.5) is 5.69 Å². The molecule has 0 bridgehead atoms. The van der Waals surface area contributed by atoms with Crippen molar-refractivity contribution in [1.29, 1.82) is 0 Å². The Morgan fingerprint density at radius 3 is 2.55 bits per heavy atom. The van der Waals surface area contributed by atoms with Gasteiger partial charge in [0.2, 0.25) is 0 Å². The molecule has 1 N–H and O–H groups in total. The van der Waals surface area contributed by atoms with Crippen molar-refractivity contribution < 1.29 is 33.6 Å². The second kappa shape index (κ2) is 7.70. The van der Waals surface area contributed by atoms with Gasteiger partial charge in [0.15, 0.2) is 23.0 Å². The van der Waals surface area contributed by atoms with Crippen molar-refractivity contribution in [3.8, 4) is 23.0 Å². The second-order valence-electron chi connectivity index (χ2n) is 7.38. The van der Waals surface area contributed by atoms with E-state index >= 15 is 0 Å². The van der Waals surface area contributed by atoms with E-state index in [1.54, 1.807) is 14.2 Å². The first kappa shape index (κ1) is 19.6.